The third-order valence-corrected chi connectivity index (χ3v) is 2.46. The number of carbonyl (C=O) groups is 1. The summed E-state index contributed by atoms with van der Waals surface area (Å²) in [6.07, 6.45) is -2.86. The summed E-state index contributed by atoms with van der Waals surface area (Å²) in [5, 5.41) is 35.5. The maximum atomic E-state index is 11.1. The molecule has 1 heterocycles. The number of azide groups is 1. The quantitative estimate of drug-likeness (QED) is 0.389. The Kier molecular flexibility index (Phi) is 4.27. The standard InChI is InChI=1S/C9H13N5O4/c1-4-6(7(9(17)18)14(2)12-4)8(16)5(15)3-11-13-10/h5,8,15-16H,3H2,1-2H3,(H,17,18). The summed E-state index contributed by atoms with van der Waals surface area (Å²) in [5.41, 5.74) is 8.23. The van der Waals surface area contributed by atoms with E-state index in [-0.39, 0.29) is 17.8 Å². The Morgan fingerprint density at radius 3 is 2.72 bits per heavy atom. The van der Waals surface area contributed by atoms with Crippen LogP contribution in [0.2, 0.25) is 0 Å². The second kappa shape index (κ2) is 5.50. The topological polar surface area (TPSA) is 144 Å². The van der Waals surface area contributed by atoms with Gasteiger partial charge in [-0.2, -0.15) is 5.10 Å². The van der Waals surface area contributed by atoms with E-state index in [1.54, 1.807) is 0 Å². The van der Waals surface area contributed by atoms with Gasteiger partial charge in [0, 0.05) is 17.5 Å². The largest absolute Gasteiger partial charge is 0.477 e. The van der Waals surface area contributed by atoms with Gasteiger partial charge in [0.2, 0.25) is 0 Å². The molecule has 0 fully saturated rings. The van der Waals surface area contributed by atoms with E-state index in [1.807, 2.05) is 0 Å². The molecule has 0 aliphatic carbocycles. The van der Waals surface area contributed by atoms with Crippen molar-refractivity contribution in [3.05, 3.63) is 27.4 Å². The van der Waals surface area contributed by atoms with E-state index in [9.17, 15) is 15.0 Å². The zero-order valence-electron chi connectivity index (χ0n) is 9.85. The third kappa shape index (κ3) is 2.59. The van der Waals surface area contributed by atoms with E-state index in [1.165, 1.54) is 14.0 Å². The van der Waals surface area contributed by atoms with Gasteiger partial charge in [-0.1, -0.05) is 5.11 Å². The first-order chi connectivity index (χ1) is 8.40. The Hall–Kier alpha value is -2.09. The van der Waals surface area contributed by atoms with Crippen LogP contribution in [0.4, 0.5) is 0 Å². The van der Waals surface area contributed by atoms with Crippen LogP contribution >= 0.6 is 0 Å². The Labute approximate surface area is 102 Å². The monoisotopic (exact) mass is 255 g/mol. The number of nitrogens with zero attached hydrogens (tertiary/aromatic N) is 5. The molecule has 2 atom stereocenters. The average molecular weight is 255 g/mol. The number of aromatic nitrogens is 2. The molecule has 9 heteroatoms. The van der Waals surface area contributed by atoms with Gasteiger partial charge >= 0.3 is 5.97 Å². The van der Waals surface area contributed by atoms with Crippen molar-refractivity contribution in [1.82, 2.24) is 9.78 Å². The van der Waals surface area contributed by atoms with Gasteiger partial charge in [-0.3, -0.25) is 4.68 Å². The number of rotatable bonds is 5. The molecule has 0 aromatic carbocycles. The smallest absolute Gasteiger partial charge is 0.354 e. The van der Waals surface area contributed by atoms with Crippen molar-refractivity contribution in [2.75, 3.05) is 6.54 Å². The zero-order chi connectivity index (χ0) is 13.9. The van der Waals surface area contributed by atoms with Crippen molar-refractivity contribution >= 4 is 5.97 Å². The molecule has 0 amide bonds. The van der Waals surface area contributed by atoms with Crippen LogP contribution in [-0.2, 0) is 7.05 Å². The molecule has 3 N–H and O–H groups in total. The fourth-order valence-corrected chi connectivity index (χ4v) is 1.69. The summed E-state index contributed by atoms with van der Waals surface area (Å²) < 4.78 is 1.11. The number of hydrogen-bond donors (Lipinski definition) is 3. The Bertz CT molecular complexity index is 505. The van der Waals surface area contributed by atoms with Crippen LogP contribution in [0, 0.1) is 6.92 Å². The minimum Gasteiger partial charge on any atom is -0.477 e. The SMILES string of the molecule is Cc1nn(C)c(C(=O)O)c1C(O)C(O)CN=[N+]=[N-]. The van der Waals surface area contributed by atoms with Crippen LogP contribution in [0.15, 0.2) is 5.11 Å². The summed E-state index contributed by atoms with van der Waals surface area (Å²) in [4.78, 5) is 13.5. The molecule has 0 aliphatic rings. The van der Waals surface area contributed by atoms with Crippen molar-refractivity contribution in [3.63, 3.8) is 0 Å². The molecular formula is C9H13N5O4. The van der Waals surface area contributed by atoms with Crippen molar-refractivity contribution in [1.29, 1.82) is 0 Å². The molecule has 2 unspecified atom stereocenters. The van der Waals surface area contributed by atoms with Crippen LogP contribution < -0.4 is 0 Å². The van der Waals surface area contributed by atoms with Gasteiger partial charge in [-0.25, -0.2) is 4.79 Å². The molecule has 1 aromatic rings. The lowest BCUT2D eigenvalue weighted by Crippen LogP contribution is -2.23. The average Bonchev–Trinajstić information content (AvgIpc) is 2.60. The van der Waals surface area contributed by atoms with E-state index < -0.39 is 18.2 Å². The minimum absolute atomic E-state index is 0.0191. The molecule has 98 valence electrons. The minimum atomic E-state index is -1.48. The second-order valence-electron chi connectivity index (χ2n) is 3.70. The van der Waals surface area contributed by atoms with Crippen LogP contribution in [0.1, 0.15) is 27.8 Å². The van der Waals surface area contributed by atoms with Gasteiger partial charge < -0.3 is 15.3 Å². The highest BCUT2D eigenvalue weighted by atomic mass is 16.4. The van der Waals surface area contributed by atoms with E-state index in [0.717, 1.165) is 4.68 Å². The van der Waals surface area contributed by atoms with Crippen LogP contribution in [0.3, 0.4) is 0 Å². The fraction of sp³-hybridized carbons (Fsp3) is 0.556. The van der Waals surface area contributed by atoms with Crippen LogP contribution in [0.5, 0.6) is 0 Å². The molecule has 0 spiro atoms. The molecular weight excluding hydrogens is 242 g/mol. The number of aryl methyl sites for hydroxylation is 2. The predicted molar refractivity (Wildman–Crippen MR) is 59.9 cm³/mol. The van der Waals surface area contributed by atoms with Gasteiger partial charge in [0.05, 0.1) is 18.3 Å². The maximum Gasteiger partial charge on any atom is 0.354 e. The molecule has 0 saturated carbocycles. The van der Waals surface area contributed by atoms with E-state index >= 15 is 0 Å². The molecule has 1 rings (SSSR count). The first-order valence-electron chi connectivity index (χ1n) is 5.04. The van der Waals surface area contributed by atoms with Crippen molar-refractivity contribution in [2.45, 2.75) is 19.1 Å². The molecule has 9 nitrogen and oxygen atoms in total. The first kappa shape index (κ1) is 14.0. The molecule has 0 saturated heterocycles. The van der Waals surface area contributed by atoms with E-state index in [4.69, 9.17) is 10.6 Å². The van der Waals surface area contributed by atoms with E-state index in [2.05, 4.69) is 15.1 Å². The normalized spacial score (nSPS) is 13.8. The number of aliphatic hydroxyl groups excluding tert-OH is 2. The highest BCUT2D eigenvalue weighted by molar-refractivity contribution is 5.88. The Morgan fingerprint density at radius 1 is 1.61 bits per heavy atom. The highest BCUT2D eigenvalue weighted by Gasteiger charge is 2.29. The highest BCUT2D eigenvalue weighted by Crippen LogP contribution is 2.24. The first-order valence-corrected chi connectivity index (χ1v) is 5.04. The van der Waals surface area contributed by atoms with Crippen molar-refractivity contribution < 1.29 is 20.1 Å². The number of carboxylic acid groups (broad SMARTS) is 1. The summed E-state index contributed by atoms with van der Waals surface area (Å²) in [6, 6.07) is 0. The zero-order valence-corrected chi connectivity index (χ0v) is 9.85. The third-order valence-electron chi connectivity index (χ3n) is 2.46. The Balaban J connectivity index is 3.15. The fourth-order valence-electron chi connectivity index (χ4n) is 1.69. The van der Waals surface area contributed by atoms with Crippen molar-refractivity contribution in [3.8, 4) is 0 Å². The molecule has 18 heavy (non-hydrogen) atoms. The lowest BCUT2D eigenvalue weighted by atomic mass is 10.0. The Morgan fingerprint density at radius 2 is 2.22 bits per heavy atom. The van der Waals surface area contributed by atoms with Gasteiger partial charge in [0.25, 0.3) is 0 Å². The number of hydrogen-bond acceptors (Lipinski definition) is 5. The number of aromatic carboxylic acids is 1. The van der Waals surface area contributed by atoms with Gasteiger partial charge in [-0.15, -0.1) is 0 Å². The van der Waals surface area contributed by atoms with Crippen molar-refractivity contribution in [2.24, 2.45) is 12.2 Å². The maximum absolute atomic E-state index is 11.1. The molecule has 0 radical (unpaired) electrons. The molecule has 0 bridgehead atoms. The van der Waals surface area contributed by atoms with Crippen LogP contribution in [0.25, 0.3) is 10.4 Å². The summed E-state index contributed by atoms with van der Waals surface area (Å²) in [7, 11) is 1.42. The number of aliphatic hydroxyl groups is 2. The lowest BCUT2D eigenvalue weighted by molar-refractivity contribution is 0.0227. The summed E-state index contributed by atoms with van der Waals surface area (Å²) in [5.74, 6) is -1.26. The summed E-state index contributed by atoms with van der Waals surface area (Å²) in [6.45, 7) is 1.16. The molecule has 1 aromatic heterocycles. The van der Waals surface area contributed by atoms with Gasteiger partial charge in [-0.05, 0) is 12.5 Å². The van der Waals surface area contributed by atoms with Gasteiger partial charge in [0.1, 0.15) is 6.10 Å². The number of carboxylic acids is 1. The predicted octanol–water partition coefficient (Wildman–Crippen LogP) is 0.131. The lowest BCUT2D eigenvalue weighted by Gasteiger charge is -2.16. The second-order valence-corrected chi connectivity index (χ2v) is 3.70. The summed E-state index contributed by atoms with van der Waals surface area (Å²) >= 11 is 0. The van der Waals surface area contributed by atoms with E-state index in [0.29, 0.717) is 5.69 Å². The van der Waals surface area contributed by atoms with Gasteiger partial charge in [0.15, 0.2) is 5.69 Å². The van der Waals surface area contributed by atoms with Crippen LogP contribution in [-0.4, -0.2) is 43.7 Å². The molecule has 0 aliphatic heterocycles.